The van der Waals surface area contributed by atoms with Crippen LogP contribution < -0.4 is 16.2 Å². The molecule has 0 amide bonds. The first-order valence-corrected chi connectivity index (χ1v) is 8.71. The molecule has 0 fully saturated rings. The first kappa shape index (κ1) is 16.6. The Kier molecular flexibility index (Phi) is 5.24. The van der Waals surface area contributed by atoms with Gasteiger partial charge in [0.2, 0.25) is 0 Å². The standard InChI is InChI=1S/C16H14ClN5S2/c1-10-2-5-13(8-14(10)17)18-16(23)21-19-12-6-3-11(4-7-12)15-9-24-22-20-15/h2-9,19H,1H3,(H2,18,21,23). The van der Waals surface area contributed by atoms with Crippen LogP contribution in [-0.2, 0) is 0 Å². The van der Waals surface area contributed by atoms with Gasteiger partial charge in [0.15, 0.2) is 5.11 Å². The van der Waals surface area contributed by atoms with Crippen LogP contribution in [0.25, 0.3) is 11.3 Å². The van der Waals surface area contributed by atoms with Gasteiger partial charge in [-0.3, -0.25) is 10.9 Å². The second-order valence-electron chi connectivity index (χ2n) is 5.04. The molecular formula is C16H14ClN5S2. The van der Waals surface area contributed by atoms with Crippen LogP contribution in [0.1, 0.15) is 5.56 Å². The minimum atomic E-state index is 0.447. The van der Waals surface area contributed by atoms with Crippen LogP contribution in [-0.4, -0.2) is 14.7 Å². The van der Waals surface area contributed by atoms with E-state index in [1.807, 2.05) is 54.8 Å². The Morgan fingerprint density at radius 3 is 2.54 bits per heavy atom. The maximum absolute atomic E-state index is 6.10. The number of aryl methyl sites for hydroxylation is 1. The highest BCUT2D eigenvalue weighted by atomic mass is 35.5. The lowest BCUT2D eigenvalue weighted by Gasteiger charge is -2.13. The van der Waals surface area contributed by atoms with Gasteiger partial charge in [0, 0.05) is 21.7 Å². The Hall–Kier alpha value is -2.22. The Morgan fingerprint density at radius 1 is 1.12 bits per heavy atom. The van der Waals surface area contributed by atoms with Gasteiger partial charge in [-0.05, 0) is 60.5 Å². The lowest BCUT2D eigenvalue weighted by Crippen LogP contribution is -2.33. The average Bonchev–Trinajstić information content (AvgIpc) is 3.11. The number of halogens is 1. The summed E-state index contributed by atoms with van der Waals surface area (Å²) in [6.45, 7) is 1.95. The fourth-order valence-electron chi connectivity index (χ4n) is 1.98. The molecule has 3 rings (SSSR count). The van der Waals surface area contributed by atoms with E-state index < -0.39 is 0 Å². The third-order valence-corrected chi connectivity index (χ3v) is 4.41. The summed E-state index contributed by atoms with van der Waals surface area (Å²) in [4.78, 5) is 0. The van der Waals surface area contributed by atoms with Crippen LogP contribution in [0.5, 0.6) is 0 Å². The van der Waals surface area contributed by atoms with E-state index in [9.17, 15) is 0 Å². The molecule has 1 heterocycles. The third-order valence-electron chi connectivity index (χ3n) is 3.29. The highest BCUT2D eigenvalue weighted by Crippen LogP contribution is 2.21. The molecule has 0 spiro atoms. The van der Waals surface area contributed by atoms with Crippen molar-refractivity contribution in [2.45, 2.75) is 6.92 Å². The third kappa shape index (κ3) is 4.19. The molecule has 1 aromatic heterocycles. The average molecular weight is 376 g/mol. The molecule has 8 heteroatoms. The molecular weight excluding hydrogens is 362 g/mol. The van der Waals surface area contributed by atoms with Crippen molar-refractivity contribution in [2.24, 2.45) is 0 Å². The molecule has 2 aromatic carbocycles. The van der Waals surface area contributed by atoms with E-state index in [0.717, 1.165) is 28.2 Å². The second-order valence-corrected chi connectivity index (χ2v) is 6.46. The Labute approximate surface area is 154 Å². The van der Waals surface area contributed by atoms with Crippen molar-refractivity contribution >= 4 is 51.8 Å². The molecule has 0 radical (unpaired) electrons. The highest BCUT2D eigenvalue weighted by molar-refractivity contribution is 7.80. The topological polar surface area (TPSA) is 61.9 Å². The first-order chi connectivity index (χ1) is 11.6. The smallest absolute Gasteiger partial charge is 0.189 e. The lowest BCUT2D eigenvalue weighted by molar-refractivity contribution is 1.14. The number of hydrogen-bond acceptors (Lipinski definition) is 5. The predicted molar refractivity (Wildman–Crippen MR) is 105 cm³/mol. The molecule has 3 N–H and O–H groups in total. The van der Waals surface area contributed by atoms with Crippen molar-refractivity contribution in [1.29, 1.82) is 0 Å². The summed E-state index contributed by atoms with van der Waals surface area (Å²) in [6, 6.07) is 13.5. The molecule has 0 saturated carbocycles. The zero-order valence-electron chi connectivity index (χ0n) is 12.7. The fourth-order valence-corrected chi connectivity index (χ4v) is 2.79. The largest absolute Gasteiger partial charge is 0.331 e. The van der Waals surface area contributed by atoms with E-state index in [1.165, 1.54) is 11.5 Å². The van der Waals surface area contributed by atoms with E-state index in [0.29, 0.717) is 10.1 Å². The molecule has 24 heavy (non-hydrogen) atoms. The van der Waals surface area contributed by atoms with Crippen LogP contribution in [0.15, 0.2) is 47.8 Å². The molecule has 0 saturated heterocycles. The number of anilines is 2. The first-order valence-electron chi connectivity index (χ1n) is 7.08. The number of thiocarbonyl (C=S) groups is 1. The number of hydrogen-bond donors (Lipinski definition) is 3. The molecule has 0 unspecified atom stereocenters. The fraction of sp³-hybridized carbons (Fsp3) is 0.0625. The van der Waals surface area contributed by atoms with Crippen LogP contribution >= 0.6 is 35.4 Å². The molecule has 0 bridgehead atoms. The normalized spacial score (nSPS) is 10.2. The summed E-state index contributed by atoms with van der Waals surface area (Å²) >= 11 is 12.7. The maximum Gasteiger partial charge on any atom is 0.189 e. The van der Waals surface area contributed by atoms with Gasteiger partial charge in [0.05, 0.1) is 5.69 Å². The SMILES string of the molecule is Cc1ccc(NC(=S)NNc2ccc(-c3csnn3)cc2)cc1Cl. The van der Waals surface area contributed by atoms with Gasteiger partial charge >= 0.3 is 0 Å². The summed E-state index contributed by atoms with van der Waals surface area (Å²) in [7, 11) is 0. The highest BCUT2D eigenvalue weighted by Gasteiger charge is 2.02. The van der Waals surface area contributed by atoms with Crippen LogP contribution in [0.3, 0.4) is 0 Å². The van der Waals surface area contributed by atoms with Gasteiger partial charge in [0.1, 0.15) is 5.69 Å². The van der Waals surface area contributed by atoms with E-state index in [2.05, 4.69) is 25.8 Å². The monoisotopic (exact) mass is 375 g/mol. The van der Waals surface area contributed by atoms with Gasteiger partial charge in [-0.1, -0.05) is 34.3 Å². The number of benzene rings is 2. The Morgan fingerprint density at radius 2 is 1.88 bits per heavy atom. The quantitative estimate of drug-likeness (QED) is 0.461. The van der Waals surface area contributed by atoms with Crippen molar-refractivity contribution in [3.8, 4) is 11.3 Å². The number of rotatable bonds is 4. The summed E-state index contributed by atoms with van der Waals surface area (Å²) in [5.74, 6) is 0. The molecule has 0 aliphatic rings. The summed E-state index contributed by atoms with van der Waals surface area (Å²) in [5.41, 5.74) is 10.6. The van der Waals surface area contributed by atoms with Gasteiger partial charge in [-0.15, -0.1) is 5.10 Å². The number of nitrogens with one attached hydrogen (secondary N) is 3. The Balaban J connectivity index is 1.55. The summed E-state index contributed by atoms with van der Waals surface area (Å²) in [5, 5.41) is 10.2. The lowest BCUT2D eigenvalue weighted by atomic mass is 10.1. The molecule has 0 aliphatic carbocycles. The molecule has 0 aliphatic heterocycles. The van der Waals surface area contributed by atoms with Crippen LogP contribution in [0.2, 0.25) is 5.02 Å². The number of hydrazine groups is 1. The zero-order valence-corrected chi connectivity index (χ0v) is 15.1. The zero-order chi connectivity index (χ0) is 16.9. The second kappa shape index (κ2) is 7.57. The molecule has 122 valence electrons. The molecule has 0 atom stereocenters. The van der Waals surface area contributed by atoms with E-state index in [1.54, 1.807) is 0 Å². The maximum atomic E-state index is 6.10. The van der Waals surface area contributed by atoms with E-state index >= 15 is 0 Å². The predicted octanol–water partition coefficient (Wildman–Crippen LogP) is 4.48. The van der Waals surface area contributed by atoms with Crippen LogP contribution in [0.4, 0.5) is 11.4 Å². The minimum Gasteiger partial charge on any atom is -0.331 e. The minimum absolute atomic E-state index is 0.447. The number of aromatic nitrogens is 2. The van der Waals surface area contributed by atoms with Gasteiger partial charge in [-0.25, -0.2) is 0 Å². The van der Waals surface area contributed by atoms with Crippen LogP contribution in [0, 0.1) is 6.92 Å². The van der Waals surface area contributed by atoms with Gasteiger partial charge in [-0.2, -0.15) is 0 Å². The van der Waals surface area contributed by atoms with Crippen molar-refractivity contribution < 1.29 is 0 Å². The number of nitrogens with zero attached hydrogens (tertiary/aromatic N) is 2. The van der Waals surface area contributed by atoms with Crippen molar-refractivity contribution in [3.05, 3.63) is 58.4 Å². The molecule has 3 aromatic rings. The van der Waals surface area contributed by atoms with E-state index in [-0.39, 0.29) is 0 Å². The van der Waals surface area contributed by atoms with Gasteiger partial charge in [0.25, 0.3) is 0 Å². The summed E-state index contributed by atoms with van der Waals surface area (Å²) < 4.78 is 3.86. The molecule has 5 nitrogen and oxygen atoms in total. The van der Waals surface area contributed by atoms with Crippen molar-refractivity contribution in [1.82, 2.24) is 15.0 Å². The van der Waals surface area contributed by atoms with E-state index in [4.69, 9.17) is 23.8 Å². The van der Waals surface area contributed by atoms with Crippen molar-refractivity contribution in [3.63, 3.8) is 0 Å². The summed E-state index contributed by atoms with van der Waals surface area (Å²) in [6.07, 6.45) is 0. The van der Waals surface area contributed by atoms with Gasteiger partial charge < -0.3 is 5.32 Å². The Bertz CT molecular complexity index is 834. The van der Waals surface area contributed by atoms with Crippen molar-refractivity contribution in [2.75, 3.05) is 10.7 Å².